The SMILES string of the molecule is CCOc1cc(/C=C2\C(=O)NC(=O)N(c3cc4c5c(c3)[C@H](c3ccccc3)CCN5CC[C@@H]4c3ccccc3)C2=O)cc(Br)c1OCc1ccc(C)cc1. The van der Waals surface area contributed by atoms with Gasteiger partial charge in [0.05, 0.1) is 16.8 Å². The molecule has 9 heteroatoms. The van der Waals surface area contributed by atoms with E-state index in [-0.39, 0.29) is 17.4 Å². The maximum atomic E-state index is 14.4. The average Bonchev–Trinajstić information content (AvgIpc) is 3.18. The zero-order chi connectivity index (χ0) is 37.3. The summed E-state index contributed by atoms with van der Waals surface area (Å²) in [5.74, 6) is -0.336. The molecule has 1 saturated heterocycles. The van der Waals surface area contributed by atoms with Crippen LogP contribution in [-0.2, 0) is 16.2 Å². The Morgan fingerprint density at radius 2 is 1.41 bits per heavy atom. The van der Waals surface area contributed by atoms with Crippen LogP contribution in [-0.4, -0.2) is 37.5 Å². The van der Waals surface area contributed by atoms with Gasteiger partial charge in [-0.3, -0.25) is 14.9 Å². The molecule has 2 atom stereocenters. The molecular formula is C45H40BrN3O5. The lowest BCUT2D eigenvalue weighted by atomic mass is 9.76. The summed E-state index contributed by atoms with van der Waals surface area (Å²) in [7, 11) is 0. The monoisotopic (exact) mass is 781 g/mol. The molecule has 0 aromatic heterocycles. The van der Waals surface area contributed by atoms with Gasteiger partial charge in [-0.25, -0.2) is 9.69 Å². The Morgan fingerprint density at radius 3 is 2.00 bits per heavy atom. The highest BCUT2D eigenvalue weighted by Crippen LogP contribution is 2.50. The smallest absolute Gasteiger partial charge is 0.335 e. The van der Waals surface area contributed by atoms with Crippen molar-refractivity contribution in [2.45, 2.75) is 45.1 Å². The van der Waals surface area contributed by atoms with E-state index in [1.54, 1.807) is 12.1 Å². The van der Waals surface area contributed by atoms with Crippen molar-refractivity contribution in [3.8, 4) is 11.5 Å². The number of carbonyl (C=O) groups excluding carboxylic acids is 3. The number of aryl methyl sites for hydroxylation is 1. The molecule has 0 saturated carbocycles. The van der Waals surface area contributed by atoms with Crippen LogP contribution < -0.4 is 24.6 Å². The lowest BCUT2D eigenvalue weighted by Gasteiger charge is -2.44. The van der Waals surface area contributed by atoms with Crippen LogP contribution >= 0.6 is 15.9 Å². The molecule has 8 nitrogen and oxygen atoms in total. The van der Waals surface area contributed by atoms with Crippen LogP contribution in [0.4, 0.5) is 16.2 Å². The molecule has 3 heterocycles. The van der Waals surface area contributed by atoms with E-state index in [9.17, 15) is 14.4 Å². The Hall–Kier alpha value is -5.67. The zero-order valence-corrected chi connectivity index (χ0v) is 31.8. The maximum absolute atomic E-state index is 14.4. The number of hydrogen-bond donors (Lipinski definition) is 1. The van der Waals surface area contributed by atoms with Gasteiger partial charge in [0.15, 0.2) is 11.5 Å². The second-order valence-electron chi connectivity index (χ2n) is 14.0. The second kappa shape index (κ2) is 15.0. The van der Waals surface area contributed by atoms with E-state index in [1.165, 1.54) is 22.9 Å². The summed E-state index contributed by atoms with van der Waals surface area (Å²) in [6, 6.07) is 35.6. The van der Waals surface area contributed by atoms with Gasteiger partial charge in [-0.2, -0.15) is 0 Å². The Labute approximate surface area is 323 Å². The highest BCUT2D eigenvalue weighted by Gasteiger charge is 2.40. The summed E-state index contributed by atoms with van der Waals surface area (Å²) in [4.78, 5) is 45.1. The lowest BCUT2D eigenvalue weighted by molar-refractivity contribution is -0.122. The molecule has 0 unspecified atom stereocenters. The Kier molecular flexibility index (Phi) is 9.82. The minimum Gasteiger partial charge on any atom is -0.490 e. The van der Waals surface area contributed by atoms with Crippen molar-refractivity contribution in [2.24, 2.45) is 0 Å². The third-order valence-corrected chi connectivity index (χ3v) is 11.1. The summed E-state index contributed by atoms with van der Waals surface area (Å²) in [5, 5.41) is 2.44. The van der Waals surface area contributed by atoms with Crippen molar-refractivity contribution in [1.29, 1.82) is 0 Å². The second-order valence-corrected chi connectivity index (χ2v) is 14.8. The third kappa shape index (κ3) is 6.80. The largest absolute Gasteiger partial charge is 0.490 e. The third-order valence-electron chi connectivity index (χ3n) is 10.5. The molecule has 0 spiro atoms. The van der Waals surface area contributed by atoms with Gasteiger partial charge >= 0.3 is 6.03 Å². The van der Waals surface area contributed by atoms with Crippen LogP contribution in [0.5, 0.6) is 11.5 Å². The van der Waals surface area contributed by atoms with Gasteiger partial charge in [-0.05, 0) is 106 Å². The molecule has 1 N–H and O–H groups in total. The maximum Gasteiger partial charge on any atom is 0.335 e. The number of nitrogens with zero attached hydrogens (tertiary/aromatic N) is 2. The van der Waals surface area contributed by atoms with E-state index in [4.69, 9.17) is 9.47 Å². The molecule has 5 aromatic carbocycles. The summed E-state index contributed by atoms with van der Waals surface area (Å²) >= 11 is 3.63. The van der Waals surface area contributed by atoms with E-state index >= 15 is 0 Å². The van der Waals surface area contributed by atoms with Gasteiger partial charge in [0.25, 0.3) is 11.8 Å². The molecule has 3 aliphatic rings. The molecule has 8 rings (SSSR count). The topological polar surface area (TPSA) is 88.2 Å². The predicted octanol–water partition coefficient (Wildman–Crippen LogP) is 9.28. The van der Waals surface area contributed by atoms with Crippen molar-refractivity contribution >= 4 is 51.2 Å². The van der Waals surface area contributed by atoms with Crippen molar-refractivity contribution in [3.63, 3.8) is 0 Å². The number of ether oxygens (including phenoxy) is 2. The van der Waals surface area contributed by atoms with Gasteiger partial charge < -0.3 is 14.4 Å². The standard InChI is InChI=1S/C45H40BrN3O5/c1-3-53-40-24-30(23-39(46)42(40)54-27-29-16-14-28(2)15-17-29)22-38-43(50)47-45(52)49(44(38)51)33-25-36-34(31-10-6-4-7-11-31)18-20-48-21-19-35(37(26-33)41(36)48)32-12-8-5-9-13-32/h4-17,22-26,34-35H,3,18-21,27H2,1-2H3,(H,47,50,52)/b38-22+/t34-,35+. The fourth-order valence-corrected chi connectivity index (χ4v) is 8.52. The number of nitrogens with one attached hydrogen (secondary N) is 1. The Bertz CT molecular complexity index is 2200. The summed E-state index contributed by atoms with van der Waals surface area (Å²) in [6.07, 6.45) is 3.31. The number of amides is 4. The van der Waals surface area contributed by atoms with Gasteiger partial charge in [0.1, 0.15) is 12.2 Å². The first-order valence-corrected chi connectivity index (χ1v) is 19.2. The van der Waals surface area contributed by atoms with Gasteiger partial charge in [0, 0.05) is 30.6 Å². The molecule has 54 heavy (non-hydrogen) atoms. The van der Waals surface area contributed by atoms with Crippen LogP contribution in [0.3, 0.4) is 0 Å². The zero-order valence-electron chi connectivity index (χ0n) is 30.2. The molecule has 0 bridgehead atoms. The number of rotatable bonds is 9. The summed E-state index contributed by atoms with van der Waals surface area (Å²) < 4.78 is 12.8. The summed E-state index contributed by atoms with van der Waals surface area (Å²) in [6.45, 7) is 6.45. The van der Waals surface area contributed by atoms with Crippen molar-refractivity contribution in [2.75, 3.05) is 29.5 Å². The highest BCUT2D eigenvalue weighted by molar-refractivity contribution is 9.10. The van der Waals surface area contributed by atoms with Crippen LogP contribution in [0, 0.1) is 6.92 Å². The van der Waals surface area contributed by atoms with E-state index in [0.29, 0.717) is 40.4 Å². The Balaban J connectivity index is 1.19. The molecule has 4 amide bonds. The van der Waals surface area contributed by atoms with E-state index in [1.807, 2.05) is 86.6 Å². The number of hydrogen-bond acceptors (Lipinski definition) is 6. The van der Waals surface area contributed by atoms with Gasteiger partial charge in [0.2, 0.25) is 0 Å². The fourth-order valence-electron chi connectivity index (χ4n) is 7.94. The predicted molar refractivity (Wildman–Crippen MR) is 214 cm³/mol. The van der Waals surface area contributed by atoms with Crippen LogP contribution in [0.25, 0.3) is 6.08 Å². The van der Waals surface area contributed by atoms with E-state index in [2.05, 4.69) is 50.4 Å². The average molecular weight is 783 g/mol. The number of benzene rings is 5. The van der Waals surface area contributed by atoms with Crippen LogP contribution in [0.2, 0.25) is 0 Å². The van der Waals surface area contributed by atoms with Crippen LogP contribution in [0.15, 0.2) is 119 Å². The molecule has 3 aliphatic heterocycles. The minimum atomic E-state index is -0.777. The number of anilines is 2. The van der Waals surface area contributed by atoms with Crippen LogP contribution in [0.1, 0.15) is 70.5 Å². The molecule has 5 aromatic rings. The number of imide groups is 2. The molecule has 1 fully saturated rings. The van der Waals surface area contributed by atoms with E-state index in [0.717, 1.165) is 53.1 Å². The molecule has 272 valence electrons. The number of carbonyl (C=O) groups is 3. The number of urea groups is 1. The first kappa shape index (κ1) is 35.4. The normalized spacial score (nSPS) is 18.7. The minimum absolute atomic E-state index is 0.0753. The first-order chi connectivity index (χ1) is 26.3. The highest BCUT2D eigenvalue weighted by atomic mass is 79.9. The molecule has 0 radical (unpaired) electrons. The van der Waals surface area contributed by atoms with Crippen molar-refractivity contribution in [3.05, 3.63) is 158 Å². The van der Waals surface area contributed by atoms with E-state index < -0.39 is 17.8 Å². The molecular weight excluding hydrogens is 742 g/mol. The van der Waals surface area contributed by atoms with Crippen molar-refractivity contribution in [1.82, 2.24) is 5.32 Å². The quantitative estimate of drug-likeness (QED) is 0.119. The first-order valence-electron chi connectivity index (χ1n) is 18.4. The van der Waals surface area contributed by atoms with Crippen molar-refractivity contribution < 1.29 is 23.9 Å². The van der Waals surface area contributed by atoms with Gasteiger partial charge in [-0.15, -0.1) is 0 Å². The lowest BCUT2D eigenvalue weighted by Crippen LogP contribution is -2.54. The van der Waals surface area contributed by atoms with Gasteiger partial charge in [-0.1, -0.05) is 90.5 Å². The number of halogens is 1. The summed E-state index contributed by atoms with van der Waals surface area (Å²) in [5.41, 5.74) is 8.68. The molecule has 0 aliphatic carbocycles. The number of barbiturate groups is 1. The fraction of sp³-hybridized carbons (Fsp3) is 0.222. The Morgan fingerprint density at radius 1 is 0.796 bits per heavy atom.